The number of methoxy groups -OCH3 is 2. The van der Waals surface area contributed by atoms with Crippen LogP contribution < -0.4 is 24.4 Å². The van der Waals surface area contributed by atoms with E-state index in [2.05, 4.69) is 45.8 Å². The zero-order valence-electron chi connectivity index (χ0n) is 33.9. The molecule has 12 nitrogen and oxygen atoms in total. The van der Waals surface area contributed by atoms with Crippen molar-refractivity contribution in [2.24, 2.45) is 0 Å². The van der Waals surface area contributed by atoms with Gasteiger partial charge in [0, 0.05) is 63.2 Å². The fourth-order valence-electron chi connectivity index (χ4n) is 5.98. The molecular weight excluding hydrogens is 835 g/mol. The number of ether oxygens (including phenoxy) is 4. The second-order valence-corrected chi connectivity index (χ2v) is 15.4. The van der Waals surface area contributed by atoms with Crippen molar-refractivity contribution < 1.29 is 28.3 Å². The largest absolute Gasteiger partial charge is 0.496 e. The van der Waals surface area contributed by atoms with Crippen LogP contribution in [0.4, 0.5) is 0 Å². The van der Waals surface area contributed by atoms with Crippen LogP contribution >= 0.6 is 15.9 Å². The minimum Gasteiger partial charge on any atom is -0.494 e. The third-order valence-electron chi connectivity index (χ3n) is 9.83. The van der Waals surface area contributed by atoms with E-state index in [9.17, 15) is 0 Å². The molecule has 14 heteroatoms. The fraction of sp³-hybridized carbons (Fsp3) is 0.191. The molecule has 4 aromatic heterocycles. The highest BCUT2D eigenvalue weighted by molar-refractivity contribution is 9.10. The molecule has 8 aromatic rings. The molecular formula is C47H46BBrN6O6. The van der Waals surface area contributed by atoms with Crippen LogP contribution in [0.15, 0.2) is 151 Å². The average molecular weight is 882 g/mol. The molecule has 0 atom stereocenters. The summed E-state index contributed by atoms with van der Waals surface area (Å²) < 4.78 is 35.0. The molecule has 0 amide bonds. The van der Waals surface area contributed by atoms with Gasteiger partial charge in [-0.05, 0) is 87.9 Å². The number of pyridine rings is 2. The predicted molar refractivity (Wildman–Crippen MR) is 243 cm³/mol. The molecule has 0 N–H and O–H groups in total. The Labute approximate surface area is 364 Å². The maximum atomic E-state index is 6.01. The quantitative estimate of drug-likeness (QED) is 0.135. The van der Waals surface area contributed by atoms with Crippen molar-refractivity contribution in [2.45, 2.75) is 46.3 Å². The molecule has 1 fully saturated rings. The summed E-state index contributed by atoms with van der Waals surface area (Å²) in [5, 5.41) is 1.88. The maximum absolute atomic E-state index is 6.01. The number of halogens is 1. The lowest BCUT2D eigenvalue weighted by Crippen LogP contribution is -2.41. The number of nitrogens with zero attached hydrogens (tertiary/aromatic N) is 6. The van der Waals surface area contributed by atoms with Gasteiger partial charge in [-0.15, -0.1) is 0 Å². The Hall–Kier alpha value is -6.48. The number of fused-ring (bicyclic) bond motifs is 2. The predicted octanol–water partition coefficient (Wildman–Crippen LogP) is 10.7. The fourth-order valence-corrected chi connectivity index (χ4v) is 6.44. The summed E-state index contributed by atoms with van der Waals surface area (Å²) in [6, 6.07) is 34.5. The van der Waals surface area contributed by atoms with E-state index in [1.165, 1.54) is 12.7 Å². The Balaban J connectivity index is 0.000000159. The SMILES string of the molecule is C.CC1(C)OB(c2ccc(Oc3ccccc3)nc2)OC1(C)C.COc1cc(-c2ccc(Oc3ccccc3)nc2)cc2cncnc12.COc1cc(Br)cc2cncnc12. The smallest absolute Gasteiger partial charge is 0.494 e. The van der Waals surface area contributed by atoms with Crippen molar-refractivity contribution in [2.75, 3.05) is 14.2 Å². The first-order valence-corrected chi connectivity index (χ1v) is 19.8. The monoisotopic (exact) mass is 880 g/mol. The van der Waals surface area contributed by atoms with E-state index in [4.69, 9.17) is 28.3 Å². The van der Waals surface area contributed by atoms with Crippen molar-refractivity contribution in [1.82, 2.24) is 29.9 Å². The van der Waals surface area contributed by atoms with Crippen LogP contribution in [0.25, 0.3) is 32.9 Å². The Bertz CT molecular complexity index is 2640. The van der Waals surface area contributed by atoms with Crippen molar-refractivity contribution >= 4 is 50.3 Å². The van der Waals surface area contributed by atoms with Gasteiger partial charge in [-0.2, -0.15) is 0 Å². The molecule has 4 aromatic carbocycles. The summed E-state index contributed by atoms with van der Waals surface area (Å²) in [5.41, 5.74) is 3.76. The molecule has 1 aliphatic heterocycles. The molecule has 0 saturated carbocycles. The lowest BCUT2D eigenvalue weighted by atomic mass is 9.80. The van der Waals surface area contributed by atoms with E-state index in [-0.39, 0.29) is 18.6 Å². The summed E-state index contributed by atoms with van der Waals surface area (Å²) in [6.07, 6.45) is 10.1. The van der Waals surface area contributed by atoms with Gasteiger partial charge in [0.05, 0.1) is 25.4 Å². The zero-order valence-corrected chi connectivity index (χ0v) is 35.5. The number of hydrogen-bond acceptors (Lipinski definition) is 12. The summed E-state index contributed by atoms with van der Waals surface area (Å²) in [7, 11) is 2.86. The number of hydrogen-bond donors (Lipinski definition) is 0. The van der Waals surface area contributed by atoms with E-state index in [0.29, 0.717) is 17.5 Å². The molecule has 0 bridgehead atoms. The van der Waals surface area contributed by atoms with E-state index >= 15 is 0 Å². The van der Waals surface area contributed by atoms with E-state index in [1.54, 1.807) is 39.0 Å². The van der Waals surface area contributed by atoms with Gasteiger partial charge >= 0.3 is 7.12 Å². The first kappa shape index (κ1) is 44.1. The second-order valence-electron chi connectivity index (χ2n) is 14.4. The highest BCUT2D eigenvalue weighted by Gasteiger charge is 2.51. The van der Waals surface area contributed by atoms with Gasteiger partial charge in [0.1, 0.15) is 46.7 Å². The summed E-state index contributed by atoms with van der Waals surface area (Å²) in [6.45, 7) is 8.14. The van der Waals surface area contributed by atoms with E-state index in [0.717, 1.165) is 60.1 Å². The standard InChI is InChI=1S/C20H15N3O2.C17H20BNO3.C9H7BrN2O.CH4/c1-24-18-10-15(9-16-11-21-13-23-20(16)18)14-7-8-19(22-12-14)25-17-5-3-2-4-6-17;1-16(2)17(3,4)22-18(21-16)13-10-11-15(19-12-13)20-14-8-6-5-7-9-14;1-13-8-3-7(10)2-6-4-11-5-12-9(6)8;/h2-13H,1H3;5-12H,1-4H3;2-5H,1H3;1H4. The van der Waals surface area contributed by atoms with E-state index in [1.807, 2.05) is 137 Å². The zero-order chi connectivity index (χ0) is 42.1. The number of aromatic nitrogens is 6. The minimum atomic E-state index is -0.400. The lowest BCUT2D eigenvalue weighted by molar-refractivity contribution is 0.00578. The van der Waals surface area contributed by atoms with Gasteiger partial charge in [-0.25, -0.2) is 29.9 Å². The molecule has 0 aliphatic carbocycles. The van der Waals surface area contributed by atoms with E-state index < -0.39 is 7.12 Å². The first-order valence-electron chi connectivity index (χ1n) is 19.0. The Kier molecular flexibility index (Phi) is 14.3. The summed E-state index contributed by atoms with van der Waals surface area (Å²) in [4.78, 5) is 25.2. The van der Waals surface area contributed by atoms with Crippen LogP contribution in [0.3, 0.4) is 0 Å². The van der Waals surface area contributed by atoms with Crippen LogP contribution in [0.2, 0.25) is 0 Å². The van der Waals surface area contributed by atoms with Crippen LogP contribution in [-0.4, -0.2) is 62.4 Å². The van der Waals surface area contributed by atoms with Gasteiger partial charge in [0.2, 0.25) is 11.8 Å². The summed E-state index contributed by atoms with van der Waals surface area (Å²) in [5.74, 6) is 4.08. The minimum absolute atomic E-state index is 0. The van der Waals surface area contributed by atoms with Gasteiger partial charge in [0.25, 0.3) is 0 Å². The van der Waals surface area contributed by atoms with Gasteiger partial charge in [-0.3, -0.25) is 0 Å². The molecule has 1 aliphatic rings. The molecule has 1 saturated heterocycles. The third-order valence-corrected chi connectivity index (χ3v) is 10.3. The summed E-state index contributed by atoms with van der Waals surface area (Å²) >= 11 is 3.39. The van der Waals surface area contributed by atoms with Gasteiger partial charge in [0.15, 0.2) is 0 Å². The highest BCUT2D eigenvalue weighted by atomic mass is 79.9. The molecule has 61 heavy (non-hydrogen) atoms. The third kappa shape index (κ3) is 10.8. The molecule has 0 spiro atoms. The molecule has 310 valence electrons. The van der Waals surface area contributed by atoms with Crippen LogP contribution in [0.5, 0.6) is 34.8 Å². The van der Waals surface area contributed by atoms with Crippen molar-refractivity contribution in [3.05, 3.63) is 151 Å². The number of para-hydroxylation sites is 2. The van der Waals surface area contributed by atoms with Gasteiger partial charge < -0.3 is 28.3 Å². The lowest BCUT2D eigenvalue weighted by Gasteiger charge is -2.32. The molecule has 0 unspecified atom stereocenters. The van der Waals surface area contributed by atoms with Crippen molar-refractivity contribution in [3.8, 4) is 45.9 Å². The van der Waals surface area contributed by atoms with Crippen LogP contribution in [0.1, 0.15) is 35.1 Å². The number of benzene rings is 4. The van der Waals surface area contributed by atoms with Crippen molar-refractivity contribution in [1.29, 1.82) is 0 Å². The molecule has 0 radical (unpaired) electrons. The molecule has 5 heterocycles. The Morgan fingerprint density at radius 1 is 0.541 bits per heavy atom. The number of rotatable bonds is 8. The highest BCUT2D eigenvalue weighted by Crippen LogP contribution is 2.37. The normalized spacial score (nSPS) is 13.5. The van der Waals surface area contributed by atoms with Gasteiger partial charge in [-0.1, -0.05) is 65.8 Å². The topological polar surface area (TPSA) is 133 Å². The average Bonchev–Trinajstić information content (AvgIpc) is 3.50. The molecule has 9 rings (SSSR count). The van der Waals surface area contributed by atoms with Crippen molar-refractivity contribution in [3.63, 3.8) is 0 Å². The first-order chi connectivity index (χ1) is 29.0. The van der Waals surface area contributed by atoms with Crippen LogP contribution in [-0.2, 0) is 9.31 Å². The van der Waals surface area contributed by atoms with Crippen LogP contribution in [0, 0.1) is 0 Å². The Morgan fingerprint density at radius 2 is 1.05 bits per heavy atom. The Morgan fingerprint density at radius 3 is 1.54 bits per heavy atom. The maximum Gasteiger partial charge on any atom is 0.496 e. The second kappa shape index (κ2) is 19.7.